The molecule has 0 bridgehead atoms. The first kappa shape index (κ1) is 19.8. The summed E-state index contributed by atoms with van der Waals surface area (Å²) in [6, 6.07) is 0. The molecule has 29 heavy (non-hydrogen) atoms. The molecule has 0 aromatic carbocycles. The van der Waals surface area contributed by atoms with Gasteiger partial charge in [0, 0.05) is 12.5 Å². The summed E-state index contributed by atoms with van der Waals surface area (Å²) in [6.45, 7) is 8.10. The van der Waals surface area contributed by atoms with E-state index in [9.17, 15) is 9.59 Å². The second-order valence-electron chi connectivity index (χ2n) is 10.4. The largest absolute Gasteiger partial charge is 0.466 e. The Morgan fingerprint density at radius 1 is 1.28 bits per heavy atom. The molecule has 1 spiro atoms. The molecule has 6 atom stereocenters. The van der Waals surface area contributed by atoms with Crippen LogP contribution in [-0.2, 0) is 23.8 Å². The van der Waals surface area contributed by atoms with E-state index in [1.165, 1.54) is 19.3 Å². The van der Waals surface area contributed by atoms with Crippen molar-refractivity contribution in [1.82, 2.24) is 4.90 Å². The Morgan fingerprint density at radius 2 is 2.03 bits per heavy atom. The zero-order valence-corrected chi connectivity index (χ0v) is 17.9. The van der Waals surface area contributed by atoms with Gasteiger partial charge in [-0.25, -0.2) is 0 Å². The molecule has 5 rings (SSSR count). The zero-order valence-electron chi connectivity index (χ0n) is 17.9. The van der Waals surface area contributed by atoms with Crippen molar-refractivity contribution in [2.75, 3.05) is 32.8 Å². The van der Waals surface area contributed by atoms with Crippen molar-refractivity contribution in [2.45, 2.75) is 70.5 Å². The first-order chi connectivity index (χ1) is 13.9. The molecular weight excluding hydrogens is 370 g/mol. The Labute approximate surface area is 173 Å². The second-order valence-corrected chi connectivity index (χ2v) is 10.4. The number of hydrogen-bond acceptors (Lipinski definition) is 6. The molecule has 5 aliphatic rings. The van der Waals surface area contributed by atoms with Crippen molar-refractivity contribution < 1.29 is 23.8 Å². The third kappa shape index (κ3) is 3.40. The summed E-state index contributed by atoms with van der Waals surface area (Å²) in [5, 5.41) is 0. The Kier molecular flexibility index (Phi) is 4.93. The van der Waals surface area contributed by atoms with Crippen molar-refractivity contribution >= 4 is 11.9 Å². The molecule has 2 aliphatic carbocycles. The molecule has 6 nitrogen and oxygen atoms in total. The predicted molar refractivity (Wildman–Crippen MR) is 106 cm³/mol. The number of rotatable bonds is 4. The van der Waals surface area contributed by atoms with E-state index < -0.39 is 0 Å². The van der Waals surface area contributed by atoms with Gasteiger partial charge in [-0.1, -0.05) is 6.92 Å². The number of carbonyl (C=O) groups excluding carboxylic acids is 2. The van der Waals surface area contributed by atoms with Crippen molar-refractivity contribution in [3.05, 3.63) is 0 Å². The van der Waals surface area contributed by atoms with E-state index in [0.29, 0.717) is 18.4 Å². The van der Waals surface area contributed by atoms with Crippen molar-refractivity contribution in [3.8, 4) is 0 Å². The summed E-state index contributed by atoms with van der Waals surface area (Å²) in [5.74, 6) is 0.811. The highest BCUT2D eigenvalue weighted by atomic mass is 16.6. The summed E-state index contributed by atoms with van der Waals surface area (Å²) in [7, 11) is 0. The topological polar surface area (TPSA) is 68.4 Å². The number of hydrogen-bond donors (Lipinski definition) is 0. The molecule has 5 fully saturated rings. The second kappa shape index (κ2) is 7.23. The lowest BCUT2D eigenvalue weighted by Crippen LogP contribution is -2.51. The summed E-state index contributed by atoms with van der Waals surface area (Å²) >= 11 is 0. The Balaban J connectivity index is 1.23. The molecule has 6 unspecified atom stereocenters. The highest BCUT2D eigenvalue weighted by Gasteiger charge is 2.65. The average molecular weight is 406 g/mol. The summed E-state index contributed by atoms with van der Waals surface area (Å²) in [6.07, 6.45) is 7.45. The number of piperidine rings is 1. The lowest BCUT2D eigenvalue weighted by atomic mass is 9.53. The first-order valence-corrected chi connectivity index (χ1v) is 11.7. The van der Waals surface area contributed by atoms with Crippen LogP contribution < -0.4 is 0 Å². The first-order valence-electron chi connectivity index (χ1n) is 11.7. The van der Waals surface area contributed by atoms with Crippen LogP contribution in [0, 0.1) is 29.1 Å². The van der Waals surface area contributed by atoms with Gasteiger partial charge in [-0.05, 0) is 76.3 Å². The molecule has 0 radical (unpaired) electrons. The fraction of sp³-hybridized carbons (Fsp3) is 0.913. The van der Waals surface area contributed by atoms with E-state index in [1.54, 1.807) is 0 Å². The number of nitrogens with zero attached hydrogens (tertiary/aromatic N) is 1. The summed E-state index contributed by atoms with van der Waals surface area (Å²) in [4.78, 5) is 27.2. The van der Waals surface area contributed by atoms with Gasteiger partial charge in [-0.2, -0.15) is 0 Å². The number of fused-ring (bicyclic) bond motifs is 3. The third-order valence-corrected chi connectivity index (χ3v) is 8.74. The summed E-state index contributed by atoms with van der Waals surface area (Å²) in [5.41, 5.74) is 0.356. The van der Waals surface area contributed by atoms with E-state index in [0.717, 1.165) is 51.9 Å². The molecule has 6 heteroatoms. The van der Waals surface area contributed by atoms with Crippen molar-refractivity contribution in [2.24, 2.45) is 29.1 Å². The van der Waals surface area contributed by atoms with Crippen LogP contribution in [0.5, 0.6) is 0 Å². The third-order valence-electron chi connectivity index (χ3n) is 8.74. The van der Waals surface area contributed by atoms with Crippen molar-refractivity contribution in [3.63, 3.8) is 0 Å². The van der Waals surface area contributed by atoms with E-state index >= 15 is 0 Å². The van der Waals surface area contributed by atoms with Crippen LogP contribution in [-0.4, -0.2) is 61.4 Å². The Bertz CT molecular complexity index is 668. The highest BCUT2D eigenvalue weighted by Crippen LogP contribution is 2.62. The average Bonchev–Trinajstić information content (AvgIpc) is 3.40. The minimum Gasteiger partial charge on any atom is -0.466 e. The quantitative estimate of drug-likeness (QED) is 0.529. The van der Waals surface area contributed by atoms with Gasteiger partial charge in [-0.3, -0.25) is 9.59 Å². The van der Waals surface area contributed by atoms with Gasteiger partial charge in [0.05, 0.1) is 30.7 Å². The van der Waals surface area contributed by atoms with Gasteiger partial charge < -0.3 is 19.1 Å². The molecule has 3 saturated heterocycles. The van der Waals surface area contributed by atoms with Gasteiger partial charge >= 0.3 is 11.9 Å². The fourth-order valence-corrected chi connectivity index (χ4v) is 7.06. The molecule has 3 aliphatic heterocycles. The van der Waals surface area contributed by atoms with Gasteiger partial charge in [0.15, 0.2) is 0 Å². The highest BCUT2D eigenvalue weighted by molar-refractivity contribution is 5.76. The molecule has 0 aromatic rings. The minimum atomic E-state index is -0.0638. The van der Waals surface area contributed by atoms with E-state index in [2.05, 4.69) is 11.8 Å². The monoisotopic (exact) mass is 405 g/mol. The molecule has 162 valence electrons. The van der Waals surface area contributed by atoms with Crippen LogP contribution in [0.3, 0.4) is 0 Å². The van der Waals surface area contributed by atoms with Crippen LogP contribution in [0.1, 0.15) is 58.8 Å². The maximum atomic E-state index is 12.8. The fourth-order valence-electron chi connectivity index (χ4n) is 7.06. The maximum absolute atomic E-state index is 12.8. The van der Waals surface area contributed by atoms with Gasteiger partial charge in [-0.15, -0.1) is 0 Å². The smallest absolute Gasteiger partial charge is 0.310 e. The zero-order chi connectivity index (χ0) is 20.2. The van der Waals surface area contributed by atoms with Gasteiger partial charge in [0.1, 0.15) is 6.10 Å². The number of epoxide rings is 1. The molecule has 3 heterocycles. The molecule has 0 aromatic heterocycles. The van der Waals surface area contributed by atoms with Crippen LogP contribution in [0.15, 0.2) is 0 Å². The Hall–Kier alpha value is -1.14. The standard InChI is InChI=1S/C23H35NO5/c1-3-27-20(25)15-5-9-24(10-6-15)13-17-16-11-19-22(2,12-18(16)29-21(17)26)7-4-8-23(19)14-28-23/h15-19H,3-14H2,1-2H3. The Morgan fingerprint density at radius 3 is 2.72 bits per heavy atom. The number of esters is 2. The number of likely N-dealkylation sites (tertiary alicyclic amines) is 1. The SMILES string of the molecule is CCOC(=O)C1CCN(CC2C(=O)OC3CC4(C)CCCC5(CO5)C4CC32)CC1. The lowest BCUT2D eigenvalue weighted by Gasteiger charge is -2.51. The molecule has 0 N–H and O–H groups in total. The molecule has 0 amide bonds. The number of carbonyl (C=O) groups is 2. The van der Waals surface area contributed by atoms with Crippen LogP contribution in [0.2, 0.25) is 0 Å². The van der Waals surface area contributed by atoms with E-state index in [-0.39, 0.29) is 40.9 Å². The predicted octanol–water partition coefficient (Wildman–Crippen LogP) is 2.79. The molecule has 2 saturated carbocycles. The van der Waals surface area contributed by atoms with Crippen LogP contribution in [0.4, 0.5) is 0 Å². The maximum Gasteiger partial charge on any atom is 0.310 e. The van der Waals surface area contributed by atoms with E-state index in [1.807, 2.05) is 6.92 Å². The molecular formula is C23H35NO5. The van der Waals surface area contributed by atoms with E-state index in [4.69, 9.17) is 14.2 Å². The van der Waals surface area contributed by atoms with Crippen LogP contribution in [0.25, 0.3) is 0 Å². The minimum absolute atomic E-state index is 0.000489. The van der Waals surface area contributed by atoms with Gasteiger partial charge in [0.25, 0.3) is 0 Å². The summed E-state index contributed by atoms with van der Waals surface area (Å²) < 4.78 is 17.1. The lowest BCUT2D eigenvalue weighted by molar-refractivity contribution is -0.150. The van der Waals surface area contributed by atoms with Crippen molar-refractivity contribution in [1.29, 1.82) is 0 Å². The van der Waals surface area contributed by atoms with Gasteiger partial charge in [0.2, 0.25) is 0 Å². The van der Waals surface area contributed by atoms with Crippen LogP contribution >= 0.6 is 0 Å². The number of ether oxygens (including phenoxy) is 3. The normalized spacial score (nSPS) is 44.8.